The lowest BCUT2D eigenvalue weighted by Crippen LogP contribution is -2.30. The summed E-state index contributed by atoms with van der Waals surface area (Å²) in [6, 6.07) is 0. The molecule has 5 heteroatoms. The molecule has 120 valence electrons. The highest BCUT2D eigenvalue weighted by Gasteiger charge is 2.35. The molecule has 0 atom stereocenters. The van der Waals surface area contributed by atoms with Crippen LogP contribution < -0.4 is 0 Å². The number of ether oxygens (including phenoxy) is 3. The van der Waals surface area contributed by atoms with E-state index in [-0.39, 0.29) is 5.97 Å². The van der Waals surface area contributed by atoms with Gasteiger partial charge in [0, 0.05) is 19.1 Å². The Hall–Kier alpha value is -1.36. The zero-order valence-electron chi connectivity index (χ0n) is 13.4. The lowest BCUT2D eigenvalue weighted by Gasteiger charge is -2.26. The molecule has 0 amide bonds. The van der Waals surface area contributed by atoms with E-state index in [4.69, 9.17) is 14.2 Å². The summed E-state index contributed by atoms with van der Waals surface area (Å²) in [6.07, 6.45) is 5.65. The minimum Gasteiger partial charge on any atom is -0.457 e. The van der Waals surface area contributed by atoms with Gasteiger partial charge in [-0.3, -0.25) is 4.79 Å². The summed E-state index contributed by atoms with van der Waals surface area (Å²) in [7, 11) is 1.58. The second-order valence-electron chi connectivity index (χ2n) is 6.40. The van der Waals surface area contributed by atoms with Crippen LogP contribution in [0.2, 0.25) is 0 Å². The number of hydrogen-bond acceptors (Lipinski definition) is 5. The van der Waals surface area contributed by atoms with Crippen LogP contribution in [0.3, 0.4) is 0 Å². The van der Waals surface area contributed by atoms with Crippen LogP contribution in [-0.2, 0) is 23.8 Å². The third kappa shape index (κ3) is 5.87. The van der Waals surface area contributed by atoms with Crippen molar-refractivity contribution in [1.29, 1.82) is 0 Å². The highest BCUT2D eigenvalue weighted by atomic mass is 16.6. The molecule has 0 aromatic heterocycles. The Morgan fingerprint density at radius 2 is 1.86 bits per heavy atom. The van der Waals surface area contributed by atoms with Gasteiger partial charge in [0.2, 0.25) is 0 Å². The fourth-order valence-electron chi connectivity index (χ4n) is 2.47. The van der Waals surface area contributed by atoms with E-state index in [0.717, 1.165) is 25.7 Å². The van der Waals surface area contributed by atoms with E-state index in [1.807, 2.05) is 20.8 Å². The molecule has 0 N–H and O–H groups in total. The Morgan fingerprint density at radius 3 is 2.33 bits per heavy atom. The molecule has 1 saturated carbocycles. The van der Waals surface area contributed by atoms with Crippen molar-refractivity contribution >= 4 is 12.4 Å². The Bertz CT molecular complexity index is 386. The molecule has 1 rings (SSSR count). The predicted octanol–water partition coefficient (Wildman–Crippen LogP) is 2.78. The average Bonchev–Trinajstić information content (AvgIpc) is 2.81. The van der Waals surface area contributed by atoms with E-state index in [1.165, 1.54) is 0 Å². The fourth-order valence-corrected chi connectivity index (χ4v) is 2.47. The number of rotatable bonds is 7. The van der Waals surface area contributed by atoms with E-state index in [9.17, 15) is 9.59 Å². The molecule has 0 spiro atoms. The van der Waals surface area contributed by atoms with Crippen molar-refractivity contribution in [2.24, 2.45) is 0 Å². The second kappa shape index (κ2) is 7.59. The molecule has 0 unspecified atom stereocenters. The smallest absolute Gasteiger partial charge is 0.334 e. The molecule has 0 aromatic rings. The van der Waals surface area contributed by atoms with Crippen LogP contribution >= 0.6 is 0 Å². The summed E-state index contributed by atoms with van der Waals surface area (Å²) in [5.41, 5.74) is -0.713. The molecule has 1 fully saturated rings. The Morgan fingerprint density at radius 1 is 1.24 bits per heavy atom. The molecular weight excluding hydrogens is 272 g/mol. The Labute approximate surface area is 126 Å². The summed E-state index contributed by atoms with van der Waals surface area (Å²) in [6.45, 7) is 6.36. The summed E-state index contributed by atoms with van der Waals surface area (Å²) >= 11 is 0. The van der Waals surface area contributed by atoms with Crippen LogP contribution in [0, 0.1) is 0 Å². The first-order chi connectivity index (χ1) is 9.82. The van der Waals surface area contributed by atoms with Crippen LogP contribution in [-0.4, -0.2) is 37.4 Å². The standard InChI is InChI=1S/C16H26O5/c1-15(2,3)21-14(18)13(7-10-19-4)11-16(20-12-17)8-5-6-9-16/h11-12H,5-10H2,1-4H3/b13-11-. The molecule has 0 aliphatic heterocycles. The number of carbonyl (C=O) groups excluding carboxylic acids is 2. The van der Waals surface area contributed by atoms with E-state index < -0.39 is 11.2 Å². The quantitative estimate of drug-likeness (QED) is 0.411. The largest absolute Gasteiger partial charge is 0.457 e. The lowest BCUT2D eigenvalue weighted by molar-refractivity contribution is -0.151. The zero-order chi connectivity index (χ0) is 15.9. The van der Waals surface area contributed by atoms with Crippen molar-refractivity contribution < 1.29 is 23.8 Å². The minimum atomic E-state index is -0.665. The van der Waals surface area contributed by atoms with Gasteiger partial charge in [0.15, 0.2) is 0 Å². The van der Waals surface area contributed by atoms with Crippen molar-refractivity contribution in [2.45, 2.75) is 64.1 Å². The fraction of sp³-hybridized carbons (Fsp3) is 0.750. The van der Waals surface area contributed by atoms with Gasteiger partial charge in [0.05, 0.1) is 6.61 Å². The van der Waals surface area contributed by atoms with Crippen LogP contribution in [0.5, 0.6) is 0 Å². The van der Waals surface area contributed by atoms with Crippen molar-refractivity contribution in [3.05, 3.63) is 11.6 Å². The topological polar surface area (TPSA) is 61.8 Å². The van der Waals surface area contributed by atoms with Gasteiger partial charge in [-0.1, -0.05) is 0 Å². The monoisotopic (exact) mass is 298 g/mol. The van der Waals surface area contributed by atoms with Gasteiger partial charge < -0.3 is 14.2 Å². The van der Waals surface area contributed by atoms with E-state index >= 15 is 0 Å². The third-order valence-electron chi connectivity index (χ3n) is 3.41. The SMILES string of the molecule is COCC/C(=C/C1(OC=O)CCCC1)C(=O)OC(C)(C)C. The molecule has 1 aliphatic rings. The van der Waals surface area contributed by atoms with Crippen LogP contribution in [0.4, 0.5) is 0 Å². The van der Waals surface area contributed by atoms with E-state index in [1.54, 1.807) is 13.2 Å². The predicted molar refractivity (Wildman–Crippen MR) is 78.8 cm³/mol. The average molecular weight is 298 g/mol. The van der Waals surface area contributed by atoms with Crippen molar-refractivity contribution in [1.82, 2.24) is 0 Å². The van der Waals surface area contributed by atoms with Gasteiger partial charge >= 0.3 is 5.97 Å². The molecule has 0 aromatic carbocycles. The molecule has 0 saturated heterocycles. The summed E-state index contributed by atoms with van der Waals surface area (Å²) in [5, 5.41) is 0. The maximum atomic E-state index is 12.3. The van der Waals surface area contributed by atoms with Gasteiger partial charge in [-0.25, -0.2) is 4.79 Å². The molecule has 21 heavy (non-hydrogen) atoms. The molecule has 0 radical (unpaired) electrons. The van der Waals surface area contributed by atoms with Gasteiger partial charge in [-0.2, -0.15) is 0 Å². The van der Waals surface area contributed by atoms with Gasteiger partial charge in [0.1, 0.15) is 11.2 Å². The molecule has 5 nitrogen and oxygen atoms in total. The van der Waals surface area contributed by atoms with E-state index in [2.05, 4.69) is 0 Å². The normalized spacial score (nSPS) is 18.4. The molecular formula is C16H26O5. The zero-order valence-corrected chi connectivity index (χ0v) is 13.4. The third-order valence-corrected chi connectivity index (χ3v) is 3.41. The number of hydrogen-bond donors (Lipinski definition) is 0. The molecule has 1 aliphatic carbocycles. The second-order valence-corrected chi connectivity index (χ2v) is 6.40. The van der Waals surface area contributed by atoms with Gasteiger partial charge in [0.25, 0.3) is 6.47 Å². The molecule has 0 bridgehead atoms. The van der Waals surface area contributed by atoms with Crippen LogP contribution in [0.15, 0.2) is 11.6 Å². The van der Waals surface area contributed by atoms with Crippen LogP contribution in [0.1, 0.15) is 52.9 Å². The first-order valence-electron chi connectivity index (χ1n) is 7.37. The number of methoxy groups -OCH3 is 1. The lowest BCUT2D eigenvalue weighted by atomic mass is 9.97. The summed E-state index contributed by atoms with van der Waals surface area (Å²) in [5.74, 6) is -0.375. The minimum absolute atomic E-state index is 0.375. The maximum absolute atomic E-state index is 12.3. The highest BCUT2D eigenvalue weighted by Crippen LogP contribution is 2.35. The van der Waals surface area contributed by atoms with Crippen molar-refractivity contribution in [2.75, 3.05) is 13.7 Å². The van der Waals surface area contributed by atoms with Crippen molar-refractivity contribution in [3.8, 4) is 0 Å². The van der Waals surface area contributed by atoms with Crippen molar-refractivity contribution in [3.63, 3.8) is 0 Å². The number of esters is 1. The highest BCUT2D eigenvalue weighted by molar-refractivity contribution is 5.89. The van der Waals surface area contributed by atoms with E-state index in [0.29, 0.717) is 25.1 Å². The first-order valence-corrected chi connectivity index (χ1v) is 7.37. The molecule has 0 heterocycles. The van der Waals surface area contributed by atoms with Gasteiger partial charge in [-0.05, 0) is 52.5 Å². The Kier molecular flexibility index (Phi) is 6.40. The van der Waals surface area contributed by atoms with Crippen LogP contribution in [0.25, 0.3) is 0 Å². The van der Waals surface area contributed by atoms with Gasteiger partial charge in [-0.15, -0.1) is 0 Å². The summed E-state index contributed by atoms with van der Waals surface area (Å²) < 4.78 is 15.8. The Balaban J connectivity index is 2.96. The number of carbonyl (C=O) groups is 2. The maximum Gasteiger partial charge on any atom is 0.334 e. The first kappa shape index (κ1) is 17.7. The summed E-state index contributed by atoms with van der Waals surface area (Å²) in [4.78, 5) is 23.1.